The molecule has 3 atom stereocenters. The molecule has 0 saturated carbocycles. The lowest BCUT2D eigenvalue weighted by atomic mass is 9.94. The van der Waals surface area contributed by atoms with Crippen molar-refractivity contribution in [2.45, 2.75) is 45.2 Å². The molecule has 0 aromatic heterocycles. The minimum absolute atomic E-state index is 0.0222. The smallest absolute Gasteiger partial charge is 0.237 e. The van der Waals surface area contributed by atoms with Gasteiger partial charge >= 0.3 is 0 Å². The first-order chi connectivity index (χ1) is 8.22. The van der Waals surface area contributed by atoms with Crippen molar-refractivity contribution in [1.82, 2.24) is 15.5 Å². The van der Waals surface area contributed by atoms with Crippen LogP contribution >= 0.6 is 0 Å². The number of hydrogen-bond acceptors (Lipinski definition) is 3. The Morgan fingerprint density at radius 2 is 2.35 bits per heavy atom. The fourth-order valence-corrected chi connectivity index (χ4v) is 2.96. The normalized spacial score (nSPS) is 30.9. The number of nitrogens with one attached hydrogen (secondary N) is 2. The first kappa shape index (κ1) is 12.8. The van der Waals surface area contributed by atoms with Gasteiger partial charge in [0.1, 0.15) is 0 Å². The van der Waals surface area contributed by atoms with Crippen molar-refractivity contribution in [3.8, 4) is 0 Å². The van der Waals surface area contributed by atoms with Crippen LogP contribution in [0.3, 0.4) is 0 Å². The Kier molecular flexibility index (Phi) is 4.40. The Morgan fingerprint density at radius 1 is 1.53 bits per heavy atom. The number of hydrogen-bond donors (Lipinski definition) is 2. The van der Waals surface area contributed by atoms with E-state index in [0.717, 1.165) is 38.5 Å². The van der Waals surface area contributed by atoms with E-state index >= 15 is 0 Å². The molecule has 0 bridgehead atoms. The number of carbonyl (C=O) groups excluding carboxylic acids is 1. The SMILES string of the molecule is CCCNC(=O)C(C)N1C[C@@H]2CCCN[C@@H]2C1. The van der Waals surface area contributed by atoms with E-state index < -0.39 is 0 Å². The van der Waals surface area contributed by atoms with Gasteiger partial charge in [-0.3, -0.25) is 9.69 Å². The Hall–Kier alpha value is -0.610. The molecule has 2 heterocycles. The van der Waals surface area contributed by atoms with Crippen molar-refractivity contribution >= 4 is 5.91 Å². The van der Waals surface area contributed by atoms with Crippen molar-refractivity contribution in [1.29, 1.82) is 0 Å². The van der Waals surface area contributed by atoms with Crippen LogP contribution in [0.5, 0.6) is 0 Å². The molecule has 1 amide bonds. The van der Waals surface area contributed by atoms with Crippen molar-refractivity contribution < 1.29 is 4.79 Å². The van der Waals surface area contributed by atoms with Gasteiger partial charge in [-0.05, 0) is 38.6 Å². The summed E-state index contributed by atoms with van der Waals surface area (Å²) in [5.74, 6) is 0.940. The van der Waals surface area contributed by atoms with Gasteiger partial charge in [0.2, 0.25) is 5.91 Å². The van der Waals surface area contributed by atoms with E-state index in [9.17, 15) is 4.79 Å². The summed E-state index contributed by atoms with van der Waals surface area (Å²) in [5.41, 5.74) is 0. The van der Waals surface area contributed by atoms with Gasteiger partial charge in [-0.15, -0.1) is 0 Å². The Bertz CT molecular complexity index is 255. The van der Waals surface area contributed by atoms with Crippen LogP contribution in [-0.2, 0) is 4.79 Å². The van der Waals surface area contributed by atoms with Crippen LogP contribution in [-0.4, -0.2) is 49.1 Å². The molecule has 0 aliphatic carbocycles. The van der Waals surface area contributed by atoms with Gasteiger partial charge in [0.05, 0.1) is 6.04 Å². The average Bonchev–Trinajstić information content (AvgIpc) is 2.78. The van der Waals surface area contributed by atoms with Crippen molar-refractivity contribution in [2.24, 2.45) is 5.92 Å². The number of fused-ring (bicyclic) bond motifs is 1. The van der Waals surface area contributed by atoms with Crippen LogP contribution in [0.4, 0.5) is 0 Å². The zero-order valence-corrected chi connectivity index (χ0v) is 11.0. The zero-order chi connectivity index (χ0) is 12.3. The number of rotatable bonds is 4. The first-order valence-corrected chi connectivity index (χ1v) is 6.97. The molecule has 2 aliphatic rings. The van der Waals surface area contributed by atoms with E-state index in [1.165, 1.54) is 12.8 Å². The molecule has 2 aliphatic heterocycles. The molecule has 0 radical (unpaired) electrons. The number of nitrogens with zero attached hydrogens (tertiary/aromatic N) is 1. The van der Waals surface area contributed by atoms with Crippen LogP contribution in [0.15, 0.2) is 0 Å². The summed E-state index contributed by atoms with van der Waals surface area (Å²) in [5, 5.41) is 6.56. The number of amides is 1. The third-order valence-corrected chi connectivity index (χ3v) is 4.10. The molecular formula is C13H25N3O. The van der Waals surface area contributed by atoms with Crippen LogP contribution in [0, 0.1) is 5.92 Å². The average molecular weight is 239 g/mol. The molecule has 2 rings (SSSR count). The van der Waals surface area contributed by atoms with E-state index in [1.807, 2.05) is 6.92 Å². The highest BCUT2D eigenvalue weighted by atomic mass is 16.2. The van der Waals surface area contributed by atoms with E-state index in [-0.39, 0.29) is 11.9 Å². The maximum atomic E-state index is 11.9. The van der Waals surface area contributed by atoms with Gasteiger partial charge in [-0.2, -0.15) is 0 Å². The molecule has 1 unspecified atom stereocenters. The van der Waals surface area contributed by atoms with Gasteiger partial charge in [0, 0.05) is 25.7 Å². The van der Waals surface area contributed by atoms with Gasteiger partial charge in [-0.1, -0.05) is 6.92 Å². The summed E-state index contributed by atoms with van der Waals surface area (Å²) in [6, 6.07) is 0.638. The lowest BCUT2D eigenvalue weighted by Gasteiger charge is -2.25. The molecule has 0 aromatic rings. The van der Waals surface area contributed by atoms with Gasteiger partial charge in [-0.25, -0.2) is 0 Å². The number of carbonyl (C=O) groups is 1. The Balaban J connectivity index is 1.84. The summed E-state index contributed by atoms with van der Waals surface area (Å²) < 4.78 is 0. The zero-order valence-electron chi connectivity index (χ0n) is 11.0. The molecule has 17 heavy (non-hydrogen) atoms. The quantitative estimate of drug-likeness (QED) is 0.754. The van der Waals surface area contributed by atoms with E-state index in [2.05, 4.69) is 22.5 Å². The molecule has 0 aromatic carbocycles. The lowest BCUT2D eigenvalue weighted by molar-refractivity contribution is -0.125. The molecule has 2 fully saturated rings. The molecular weight excluding hydrogens is 214 g/mol. The summed E-state index contributed by atoms with van der Waals surface area (Å²) in [6.45, 7) is 8.17. The third-order valence-electron chi connectivity index (χ3n) is 4.10. The maximum Gasteiger partial charge on any atom is 0.237 e. The molecule has 2 N–H and O–H groups in total. The molecule has 0 spiro atoms. The van der Waals surface area contributed by atoms with Crippen molar-refractivity contribution in [2.75, 3.05) is 26.2 Å². The highest BCUT2D eigenvalue weighted by molar-refractivity contribution is 5.81. The summed E-state index contributed by atoms with van der Waals surface area (Å²) in [6.07, 6.45) is 3.61. The molecule has 2 saturated heterocycles. The number of piperidine rings is 1. The van der Waals surface area contributed by atoms with Crippen molar-refractivity contribution in [3.63, 3.8) is 0 Å². The van der Waals surface area contributed by atoms with E-state index in [0.29, 0.717) is 6.04 Å². The second kappa shape index (κ2) is 5.83. The highest BCUT2D eigenvalue weighted by Gasteiger charge is 2.37. The summed E-state index contributed by atoms with van der Waals surface area (Å²) in [7, 11) is 0. The predicted molar refractivity (Wildman–Crippen MR) is 68.9 cm³/mol. The van der Waals surface area contributed by atoms with Crippen LogP contribution in [0.1, 0.15) is 33.1 Å². The molecule has 4 heteroatoms. The molecule has 4 nitrogen and oxygen atoms in total. The second-order valence-corrected chi connectivity index (χ2v) is 5.38. The third kappa shape index (κ3) is 2.99. The predicted octanol–water partition coefficient (Wildman–Crippen LogP) is 0.585. The molecule has 98 valence electrons. The van der Waals surface area contributed by atoms with Gasteiger partial charge in [0.25, 0.3) is 0 Å². The van der Waals surface area contributed by atoms with Crippen LogP contribution < -0.4 is 10.6 Å². The fraction of sp³-hybridized carbons (Fsp3) is 0.923. The monoisotopic (exact) mass is 239 g/mol. The summed E-state index contributed by atoms with van der Waals surface area (Å²) in [4.78, 5) is 14.3. The lowest BCUT2D eigenvalue weighted by Crippen LogP contribution is -2.45. The highest BCUT2D eigenvalue weighted by Crippen LogP contribution is 2.26. The fourth-order valence-electron chi connectivity index (χ4n) is 2.96. The first-order valence-electron chi connectivity index (χ1n) is 6.97. The van der Waals surface area contributed by atoms with E-state index in [4.69, 9.17) is 0 Å². The topological polar surface area (TPSA) is 44.4 Å². The maximum absolute atomic E-state index is 11.9. The standard InChI is InChI=1S/C13H25N3O/c1-3-6-15-13(17)10(2)16-8-11-5-4-7-14-12(11)9-16/h10-12,14H,3-9H2,1-2H3,(H,15,17)/t10?,11-,12+/m0/s1. The Labute approximate surface area is 104 Å². The van der Waals surface area contributed by atoms with Crippen LogP contribution in [0.2, 0.25) is 0 Å². The second-order valence-electron chi connectivity index (χ2n) is 5.38. The van der Waals surface area contributed by atoms with Gasteiger partial charge in [0.15, 0.2) is 0 Å². The minimum Gasteiger partial charge on any atom is -0.355 e. The Morgan fingerprint density at radius 3 is 3.06 bits per heavy atom. The summed E-state index contributed by atoms with van der Waals surface area (Å²) >= 11 is 0. The van der Waals surface area contributed by atoms with Gasteiger partial charge < -0.3 is 10.6 Å². The van der Waals surface area contributed by atoms with Crippen LogP contribution in [0.25, 0.3) is 0 Å². The largest absolute Gasteiger partial charge is 0.355 e. The minimum atomic E-state index is 0.0222. The van der Waals surface area contributed by atoms with Crippen molar-refractivity contribution in [3.05, 3.63) is 0 Å². The number of likely N-dealkylation sites (tertiary alicyclic amines) is 1. The van der Waals surface area contributed by atoms with E-state index in [1.54, 1.807) is 0 Å².